The number of nitrogens with one attached hydrogen (secondary N) is 2. The molecule has 1 saturated carbocycles. The summed E-state index contributed by atoms with van der Waals surface area (Å²) in [4.78, 5) is 9.15. The molecule has 0 bridgehead atoms. The number of nitrogens with zero attached hydrogens (tertiary/aromatic N) is 2. The van der Waals surface area contributed by atoms with Crippen LogP contribution in [0.25, 0.3) is 0 Å². The SMILES string of the molecule is Cc1cc(NCCc2ccc(Cl)cc2)nc(NC2CCCCC2)n1. The molecule has 1 aliphatic rings. The van der Waals surface area contributed by atoms with Crippen molar-refractivity contribution in [3.63, 3.8) is 0 Å². The van der Waals surface area contributed by atoms with Crippen molar-refractivity contribution in [3.05, 3.63) is 46.6 Å². The van der Waals surface area contributed by atoms with Crippen molar-refractivity contribution in [1.29, 1.82) is 0 Å². The van der Waals surface area contributed by atoms with Gasteiger partial charge in [0.05, 0.1) is 0 Å². The van der Waals surface area contributed by atoms with Gasteiger partial charge in [0.1, 0.15) is 5.82 Å². The summed E-state index contributed by atoms with van der Waals surface area (Å²) in [5.74, 6) is 1.63. The fourth-order valence-corrected chi connectivity index (χ4v) is 3.27. The molecule has 3 rings (SSSR count). The Balaban J connectivity index is 1.55. The maximum atomic E-state index is 5.92. The molecule has 2 N–H and O–H groups in total. The standard InChI is InChI=1S/C19H25ClN4/c1-14-13-18(21-12-11-15-7-9-16(20)10-8-15)24-19(22-14)23-17-5-3-2-4-6-17/h7-10,13,17H,2-6,11-12H2,1H3,(H2,21,22,23,24). The summed E-state index contributed by atoms with van der Waals surface area (Å²) in [7, 11) is 0. The van der Waals surface area contributed by atoms with Gasteiger partial charge >= 0.3 is 0 Å². The lowest BCUT2D eigenvalue weighted by atomic mass is 9.96. The van der Waals surface area contributed by atoms with Crippen LogP contribution >= 0.6 is 11.6 Å². The molecule has 24 heavy (non-hydrogen) atoms. The first kappa shape index (κ1) is 17.0. The van der Waals surface area contributed by atoms with Crippen LogP contribution in [-0.4, -0.2) is 22.6 Å². The van der Waals surface area contributed by atoms with E-state index in [1.54, 1.807) is 0 Å². The van der Waals surface area contributed by atoms with Gasteiger partial charge in [-0.05, 0) is 43.9 Å². The third-order valence-electron chi connectivity index (χ3n) is 4.43. The molecule has 0 aliphatic heterocycles. The molecule has 1 heterocycles. The van der Waals surface area contributed by atoms with E-state index in [1.807, 2.05) is 25.1 Å². The Morgan fingerprint density at radius 1 is 1.08 bits per heavy atom. The predicted molar refractivity (Wildman–Crippen MR) is 101 cm³/mol. The van der Waals surface area contributed by atoms with Crippen LogP contribution in [0.15, 0.2) is 30.3 Å². The Morgan fingerprint density at radius 2 is 1.83 bits per heavy atom. The summed E-state index contributed by atoms with van der Waals surface area (Å²) in [5, 5.41) is 7.68. The van der Waals surface area contributed by atoms with Gasteiger partial charge in [-0.1, -0.05) is 43.0 Å². The van der Waals surface area contributed by atoms with Crippen molar-refractivity contribution >= 4 is 23.4 Å². The molecule has 0 atom stereocenters. The van der Waals surface area contributed by atoms with E-state index in [-0.39, 0.29) is 0 Å². The summed E-state index contributed by atoms with van der Waals surface area (Å²) >= 11 is 5.92. The molecule has 0 radical (unpaired) electrons. The summed E-state index contributed by atoms with van der Waals surface area (Å²) in [6.45, 7) is 2.85. The third-order valence-corrected chi connectivity index (χ3v) is 4.68. The van der Waals surface area contributed by atoms with Crippen LogP contribution in [0.4, 0.5) is 11.8 Å². The maximum Gasteiger partial charge on any atom is 0.225 e. The molecule has 1 fully saturated rings. The quantitative estimate of drug-likeness (QED) is 0.787. The molecular formula is C19H25ClN4. The number of aryl methyl sites for hydroxylation is 1. The highest BCUT2D eigenvalue weighted by Gasteiger charge is 2.14. The van der Waals surface area contributed by atoms with E-state index >= 15 is 0 Å². The van der Waals surface area contributed by atoms with Gasteiger partial charge in [-0.15, -0.1) is 0 Å². The average molecular weight is 345 g/mol. The number of hydrogen-bond acceptors (Lipinski definition) is 4. The van der Waals surface area contributed by atoms with Crippen LogP contribution < -0.4 is 10.6 Å². The normalized spacial score (nSPS) is 15.2. The molecular weight excluding hydrogens is 320 g/mol. The molecule has 0 spiro atoms. The minimum Gasteiger partial charge on any atom is -0.370 e. The Morgan fingerprint density at radius 3 is 2.58 bits per heavy atom. The Hall–Kier alpha value is -1.81. The fraction of sp³-hybridized carbons (Fsp3) is 0.474. The van der Waals surface area contributed by atoms with Crippen molar-refractivity contribution in [1.82, 2.24) is 9.97 Å². The van der Waals surface area contributed by atoms with Gasteiger partial charge in [0.15, 0.2) is 0 Å². The Bertz CT molecular complexity index is 651. The van der Waals surface area contributed by atoms with E-state index in [2.05, 4.69) is 32.7 Å². The number of aromatic nitrogens is 2. The van der Waals surface area contributed by atoms with E-state index < -0.39 is 0 Å². The average Bonchev–Trinajstić information content (AvgIpc) is 2.57. The maximum absolute atomic E-state index is 5.92. The smallest absolute Gasteiger partial charge is 0.225 e. The molecule has 2 aromatic rings. The number of benzene rings is 1. The van der Waals surface area contributed by atoms with E-state index in [0.717, 1.165) is 35.4 Å². The minimum atomic E-state index is 0.516. The summed E-state index contributed by atoms with van der Waals surface area (Å²) in [5.41, 5.74) is 2.25. The van der Waals surface area contributed by atoms with Crippen molar-refractivity contribution in [3.8, 4) is 0 Å². The largest absolute Gasteiger partial charge is 0.370 e. The van der Waals surface area contributed by atoms with Crippen LogP contribution in [0.1, 0.15) is 43.4 Å². The van der Waals surface area contributed by atoms with Crippen LogP contribution in [0, 0.1) is 6.92 Å². The van der Waals surface area contributed by atoms with Gasteiger partial charge in [0.2, 0.25) is 5.95 Å². The lowest BCUT2D eigenvalue weighted by Gasteiger charge is -2.23. The van der Waals surface area contributed by atoms with Gasteiger partial charge in [-0.2, -0.15) is 4.98 Å². The van der Waals surface area contributed by atoms with E-state index in [1.165, 1.54) is 37.7 Å². The lowest BCUT2D eigenvalue weighted by Crippen LogP contribution is -2.24. The highest BCUT2D eigenvalue weighted by molar-refractivity contribution is 6.30. The second-order valence-corrected chi connectivity index (χ2v) is 6.94. The molecule has 0 saturated heterocycles. The van der Waals surface area contributed by atoms with Crippen molar-refractivity contribution in [2.45, 2.75) is 51.5 Å². The monoisotopic (exact) mass is 344 g/mol. The van der Waals surface area contributed by atoms with E-state index in [4.69, 9.17) is 11.6 Å². The molecule has 1 aromatic carbocycles. The Kier molecular flexibility index (Phi) is 5.91. The highest BCUT2D eigenvalue weighted by Crippen LogP contribution is 2.21. The first-order valence-electron chi connectivity index (χ1n) is 8.79. The molecule has 5 heteroatoms. The van der Waals surface area contributed by atoms with Crippen LogP contribution in [0.5, 0.6) is 0 Å². The Labute approximate surface area is 149 Å². The van der Waals surface area contributed by atoms with Crippen LogP contribution in [-0.2, 0) is 6.42 Å². The molecule has 1 aliphatic carbocycles. The molecule has 0 amide bonds. The number of rotatable bonds is 6. The van der Waals surface area contributed by atoms with Crippen LogP contribution in [0.2, 0.25) is 5.02 Å². The van der Waals surface area contributed by atoms with Gasteiger partial charge in [-0.25, -0.2) is 4.98 Å². The molecule has 1 aromatic heterocycles. The summed E-state index contributed by atoms with van der Waals surface area (Å²) in [6, 6.07) is 10.5. The van der Waals surface area contributed by atoms with Gasteiger partial charge in [0, 0.05) is 29.4 Å². The minimum absolute atomic E-state index is 0.516. The highest BCUT2D eigenvalue weighted by atomic mass is 35.5. The second-order valence-electron chi connectivity index (χ2n) is 6.50. The van der Waals surface area contributed by atoms with Crippen molar-refractivity contribution in [2.24, 2.45) is 0 Å². The van der Waals surface area contributed by atoms with Gasteiger partial charge in [0.25, 0.3) is 0 Å². The zero-order valence-corrected chi connectivity index (χ0v) is 14.9. The third kappa shape index (κ3) is 5.10. The van der Waals surface area contributed by atoms with Crippen molar-refractivity contribution in [2.75, 3.05) is 17.2 Å². The zero-order chi connectivity index (χ0) is 16.8. The van der Waals surface area contributed by atoms with Gasteiger partial charge in [-0.3, -0.25) is 0 Å². The lowest BCUT2D eigenvalue weighted by molar-refractivity contribution is 0.461. The van der Waals surface area contributed by atoms with Crippen LogP contribution in [0.3, 0.4) is 0 Å². The summed E-state index contributed by atoms with van der Waals surface area (Å²) in [6.07, 6.45) is 7.33. The van der Waals surface area contributed by atoms with Gasteiger partial charge < -0.3 is 10.6 Å². The molecule has 128 valence electrons. The van der Waals surface area contributed by atoms with E-state index in [0.29, 0.717) is 6.04 Å². The molecule has 4 nitrogen and oxygen atoms in total. The van der Waals surface area contributed by atoms with E-state index in [9.17, 15) is 0 Å². The first-order chi connectivity index (χ1) is 11.7. The first-order valence-corrected chi connectivity index (χ1v) is 9.17. The zero-order valence-electron chi connectivity index (χ0n) is 14.2. The van der Waals surface area contributed by atoms with Crippen molar-refractivity contribution < 1.29 is 0 Å². The number of hydrogen-bond donors (Lipinski definition) is 2. The topological polar surface area (TPSA) is 49.8 Å². The number of anilines is 2. The summed E-state index contributed by atoms with van der Waals surface area (Å²) < 4.78 is 0. The predicted octanol–water partition coefficient (Wildman–Crippen LogP) is 4.84. The molecule has 0 unspecified atom stereocenters. The fourth-order valence-electron chi connectivity index (χ4n) is 3.14. The number of halogens is 1. The second kappa shape index (κ2) is 8.34.